The van der Waals surface area contributed by atoms with Gasteiger partial charge in [0.2, 0.25) is 0 Å². The molecule has 0 aromatic rings. The van der Waals surface area contributed by atoms with Gasteiger partial charge >= 0.3 is 0 Å². The largest absolute Gasteiger partial charge is 0.390 e. The van der Waals surface area contributed by atoms with E-state index in [9.17, 15) is 10.2 Å². The van der Waals surface area contributed by atoms with Crippen LogP contribution in [0.1, 0.15) is 172 Å². The third-order valence-corrected chi connectivity index (χ3v) is 10.5. The highest BCUT2D eigenvalue weighted by atomic mass is 127. The van der Waals surface area contributed by atoms with E-state index in [1.165, 1.54) is 122 Å². The number of likely N-dealkylation sites (N-methyl/N-ethyl adjacent to an activating group) is 2. The van der Waals surface area contributed by atoms with E-state index in [-0.39, 0.29) is 12.2 Å². The fraction of sp³-hybridized carbons (Fsp3) is 1.00. The Morgan fingerprint density at radius 1 is 0.536 bits per heavy atom. The van der Waals surface area contributed by atoms with Crippen molar-refractivity contribution in [2.24, 2.45) is 0 Å². The maximum atomic E-state index is 10.8. The smallest absolute Gasteiger partial charge is 0.152 e. The highest BCUT2D eigenvalue weighted by Crippen LogP contribution is 2.15. The topological polar surface area (TPSA) is 71.5 Å². The summed E-state index contributed by atoms with van der Waals surface area (Å²) in [5, 5.41) is 24.4. The molecule has 0 aromatic carbocycles. The van der Waals surface area contributed by atoms with Gasteiger partial charge in [0.05, 0.1) is 59.1 Å². The third-order valence-electron chi connectivity index (χ3n) is 10.5. The molecule has 1 aliphatic heterocycles. The number of unbranched alkanes of at least 4 members (excludes halogenated alkanes) is 6. The first-order chi connectivity index (χ1) is 26.9. The van der Waals surface area contributed by atoms with Crippen molar-refractivity contribution >= 4 is 22.6 Å². The molecule has 0 spiro atoms. The number of nitrogens with one attached hydrogen (secondary N) is 1. The molecular weight excluding hydrogens is 809 g/mol. The van der Waals surface area contributed by atoms with Crippen LogP contribution in [0.2, 0.25) is 0 Å². The Bertz CT molecular complexity index is 718. The summed E-state index contributed by atoms with van der Waals surface area (Å²) in [4.78, 5) is 6.87. The van der Waals surface area contributed by atoms with Crippen LogP contribution in [0.4, 0.5) is 0 Å². The van der Waals surface area contributed by atoms with E-state index in [0.29, 0.717) is 6.10 Å². The van der Waals surface area contributed by atoms with Crippen LogP contribution in [-0.2, 0) is 4.74 Å². The van der Waals surface area contributed by atoms with Gasteiger partial charge in [-0.15, -0.1) is 0 Å². The second-order valence-corrected chi connectivity index (χ2v) is 16.8. The summed E-state index contributed by atoms with van der Waals surface area (Å²) >= 11 is 2.15. The van der Waals surface area contributed by atoms with E-state index in [0.717, 1.165) is 81.0 Å². The molecule has 0 bridgehead atoms. The fourth-order valence-corrected chi connectivity index (χ4v) is 7.08. The van der Waals surface area contributed by atoms with Gasteiger partial charge in [-0.1, -0.05) is 137 Å². The standard InChI is InChI=1S/C20H46N2O.C18H40N2O.C4H11N.C4H8O.CH3I/c1-7-11-15-21(5,14-10-4)18-20(23)19-22(6,16-12-8-2)17-13-9-3;1-5-9-13-19(12-8-4)16-18(21)17-20(14-10-6-2)15-11-7-3;1-3-5-4-2;1-2-4-3-5-4;1-2/h20,23H,7-19H2,1-6H3;18,21H,5-17H2,1-4H3;5H,3-4H2,1-2H3;4H,2-3H2,1H3;1H3/q+2;;;;. The molecule has 56 heavy (non-hydrogen) atoms. The Kier molecular flexibility index (Phi) is 52.3. The lowest BCUT2D eigenvalue weighted by atomic mass is 10.1. The van der Waals surface area contributed by atoms with Crippen LogP contribution in [0.15, 0.2) is 0 Å². The highest BCUT2D eigenvalue weighted by molar-refractivity contribution is 14.1. The van der Waals surface area contributed by atoms with E-state index >= 15 is 0 Å². The number of ether oxygens (including phenoxy) is 1. The van der Waals surface area contributed by atoms with Crippen LogP contribution >= 0.6 is 22.6 Å². The number of quaternary nitrogens is 2. The van der Waals surface area contributed by atoms with Crippen molar-refractivity contribution in [3.63, 3.8) is 0 Å². The SMILES string of the molecule is CCC1CO1.CCCCN(CCC)CC(O)CN(CCCC)CCCC.CCCC[N+](C)(CCC)CC(O)C[N+](C)(CCCC)CCCC.CCNCC.CI. The number of rotatable bonds is 33. The van der Waals surface area contributed by atoms with Gasteiger partial charge in [0.1, 0.15) is 13.1 Å². The molecule has 0 amide bonds. The molecule has 0 aliphatic carbocycles. The number of hydrogen-bond donors (Lipinski definition) is 3. The third kappa shape index (κ3) is 44.0. The number of hydrogen-bond acceptors (Lipinski definition) is 6. The quantitative estimate of drug-likeness (QED) is 0.0264. The number of epoxide rings is 1. The molecule has 0 aromatic heterocycles. The second-order valence-electron chi connectivity index (χ2n) is 16.8. The minimum Gasteiger partial charge on any atom is -0.390 e. The van der Waals surface area contributed by atoms with Crippen LogP contribution in [0.25, 0.3) is 0 Å². The lowest BCUT2D eigenvalue weighted by molar-refractivity contribution is -0.933. The van der Waals surface area contributed by atoms with Crippen molar-refractivity contribution in [3.8, 4) is 0 Å². The molecular formula is C47H108IN5O3+2. The van der Waals surface area contributed by atoms with E-state index in [2.05, 4.69) is 128 Å². The molecule has 0 saturated carbocycles. The molecule has 4 atom stereocenters. The first kappa shape index (κ1) is 63.1. The van der Waals surface area contributed by atoms with Crippen LogP contribution in [0, 0.1) is 0 Å². The molecule has 1 rings (SSSR count). The van der Waals surface area contributed by atoms with E-state index in [1.54, 1.807) is 0 Å². The number of aliphatic hydroxyl groups excluding tert-OH is 2. The molecule has 1 heterocycles. The van der Waals surface area contributed by atoms with Gasteiger partial charge < -0.3 is 39.0 Å². The minimum atomic E-state index is -0.206. The molecule has 1 fully saturated rings. The zero-order chi connectivity index (χ0) is 43.5. The van der Waals surface area contributed by atoms with Gasteiger partial charge in [-0.2, -0.15) is 0 Å². The number of halogens is 1. The van der Waals surface area contributed by atoms with Crippen molar-refractivity contribution in [3.05, 3.63) is 0 Å². The van der Waals surface area contributed by atoms with Crippen molar-refractivity contribution < 1.29 is 23.9 Å². The van der Waals surface area contributed by atoms with Crippen LogP contribution < -0.4 is 5.32 Å². The maximum Gasteiger partial charge on any atom is 0.152 e. The van der Waals surface area contributed by atoms with Gasteiger partial charge in [0.15, 0.2) is 6.10 Å². The van der Waals surface area contributed by atoms with Gasteiger partial charge in [-0.25, -0.2) is 0 Å². The summed E-state index contributed by atoms with van der Waals surface area (Å²) < 4.78 is 6.94. The van der Waals surface area contributed by atoms with Crippen molar-refractivity contribution in [1.29, 1.82) is 0 Å². The molecule has 0 radical (unpaired) electrons. The zero-order valence-electron chi connectivity index (χ0n) is 40.9. The van der Waals surface area contributed by atoms with Gasteiger partial charge in [0.25, 0.3) is 0 Å². The van der Waals surface area contributed by atoms with Gasteiger partial charge in [0, 0.05) is 13.1 Å². The Balaban J connectivity index is -0.000000373. The maximum absolute atomic E-state index is 10.8. The Morgan fingerprint density at radius 3 is 1.14 bits per heavy atom. The average Bonchev–Trinajstić information content (AvgIpc) is 4.03. The van der Waals surface area contributed by atoms with E-state index in [4.69, 9.17) is 4.74 Å². The number of alkyl halides is 1. The van der Waals surface area contributed by atoms with Gasteiger partial charge in [-0.3, -0.25) is 0 Å². The number of nitrogens with zero attached hydrogens (tertiary/aromatic N) is 4. The summed E-state index contributed by atoms with van der Waals surface area (Å²) in [6.45, 7) is 40.3. The first-order valence-corrected chi connectivity index (χ1v) is 26.2. The molecule has 4 unspecified atom stereocenters. The molecule has 344 valence electrons. The van der Waals surface area contributed by atoms with Crippen LogP contribution in [-0.4, -0.2) is 165 Å². The Morgan fingerprint density at radius 2 is 0.893 bits per heavy atom. The van der Waals surface area contributed by atoms with Crippen molar-refractivity contribution in [1.82, 2.24) is 15.1 Å². The fourth-order valence-electron chi connectivity index (χ4n) is 7.08. The first-order valence-electron chi connectivity index (χ1n) is 24.0. The van der Waals surface area contributed by atoms with E-state index in [1.807, 2.05) is 4.93 Å². The molecule has 1 aliphatic rings. The summed E-state index contributed by atoms with van der Waals surface area (Å²) in [5.74, 6) is 0. The summed E-state index contributed by atoms with van der Waals surface area (Å²) in [7, 11) is 4.69. The minimum absolute atomic E-state index is 0.179. The lowest BCUT2D eigenvalue weighted by Crippen LogP contribution is -2.56. The predicted octanol–water partition coefficient (Wildman–Crippen LogP) is 10.3. The summed E-state index contributed by atoms with van der Waals surface area (Å²) in [5.41, 5.74) is 0. The molecule has 8 nitrogen and oxygen atoms in total. The second kappa shape index (κ2) is 46.5. The molecule has 1 saturated heterocycles. The monoisotopic (exact) mass is 918 g/mol. The Hall–Kier alpha value is 0.410. The van der Waals surface area contributed by atoms with Crippen LogP contribution in [0.3, 0.4) is 0 Å². The van der Waals surface area contributed by atoms with Crippen molar-refractivity contribution in [2.45, 2.75) is 191 Å². The normalized spacial score (nSPS) is 15.6. The summed E-state index contributed by atoms with van der Waals surface area (Å²) in [6, 6.07) is 0. The summed E-state index contributed by atoms with van der Waals surface area (Å²) in [6.07, 6.45) is 18.8. The predicted molar refractivity (Wildman–Crippen MR) is 261 cm³/mol. The van der Waals surface area contributed by atoms with E-state index < -0.39 is 0 Å². The highest BCUT2D eigenvalue weighted by Gasteiger charge is 2.31. The van der Waals surface area contributed by atoms with Crippen molar-refractivity contribution in [2.75, 3.05) is 117 Å². The average molecular weight is 918 g/mol. The molecule has 9 heteroatoms. The Labute approximate surface area is 368 Å². The number of aliphatic hydroxyl groups is 2. The zero-order valence-corrected chi connectivity index (χ0v) is 43.1. The molecule has 3 N–H and O–H groups in total. The van der Waals surface area contributed by atoms with Crippen LogP contribution in [0.5, 0.6) is 0 Å². The van der Waals surface area contributed by atoms with Gasteiger partial charge in [-0.05, 0) is 102 Å². The lowest BCUT2D eigenvalue weighted by Gasteiger charge is -2.40.